The van der Waals surface area contributed by atoms with Crippen LogP contribution in [0.4, 0.5) is 5.69 Å². The van der Waals surface area contributed by atoms with Gasteiger partial charge in [0.15, 0.2) is 0 Å². The molecule has 0 saturated carbocycles. The van der Waals surface area contributed by atoms with Gasteiger partial charge in [-0.1, -0.05) is 24.6 Å². The molecule has 1 aromatic carbocycles. The molecule has 0 aliphatic carbocycles. The number of carbonyl (C=O) groups excluding carboxylic acids is 1. The van der Waals surface area contributed by atoms with Crippen LogP contribution < -0.4 is 10.9 Å². The number of hydrogen-bond donors (Lipinski definition) is 1. The van der Waals surface area contributed by atoms with Crippen molar-refractivity contribution in [2.75, 3.05) is 5.32 Å². The van der Waals surface area contributed by atoms with E-state index in [4.69, 9.17) is 0 Å². The molecular formula is C20H23N3O2S. The molecule has 1 N–H and O–H groups in total. The van der Waals surface area contributed by atoms with E-state index in [2.05, 4.69) is 10.3 Å². The smallest absolute Gasteiger partial charge is 0.262 e. The van der Waals surface area contributed by atoms with E-state index in [0.717, 1.165) is 38.5 Å². The van der Waals surface area contributed by atoms with Crippen molar-refractivity contribution < 1.29 is 4.79 Å². The number of nitrogens with zero attached hydrogens (tertiary/aromatic N) is 2. The number of fused-ring (bicyclic) bond motifs is 1. The lowest BCUT2D eigenvalue weighted by Crippen LogP contribution is -2.31. The van der Waals surface area contributed by atoms with Gasteiger partial charge in [0.25, 0.3) is 5.56 Å². The van der Waals surface area contributed by atoms with Gasteiger partial charge in [-0.15, -0.1) is 11.3 Å². The first kappa shape index (κ1) is 18.3. The topological polar surface area (TPSA) is 64.0 Å². The molecule has 0 unspecified atom stereocenters. The highest BCUT2D eigenvalue weighted by atomic mass is 32.1. The van der Waals surface area contributed by atoms with Crippen LogP contribution in [-0.4, -0.2) is 15.5 Å². The van der Waals surface area contributed by atoms with E-state index < -0.39 is 6.04 Å². The molecule has 0 radical (unpaired) electrons. The first-order valence-corrected chi connectivity index (χ1v) is 9.51. The quantitative estimate of drug-likeness (QED) is 0.751. The summed E-state index contributed by atoms with van der Waals surface area (Å²) in [4.78, 5) is 31.7. The van der Waals surface area contributed by atoms with Crippen LogP contribution in [-0.2, 0) is 11.2 Å². The van der Waals surface area contributed by atoms with E-state index in [0.29, 0.717) is 5.39 Å². The van der Waals surface area contributed by atoms with E-state index in [-0.39, 0.29) is 11.5 Å². The highest BCUT2D eigenvalue weighted by Gasteiger charge is 2.20. The fourth-order valence-corrected chi connectivity index (χ4v) is 4.09. The molecule has 0 aliphatic rings. The molecule has 0 bridgehead atoms. The van der Waals surface area contributed by atoms with Crippen LogP contribution in [0.2, 0.25) is 0 Å². The number of aromatic nitrogens is 2. The van der Waals surface area contributed by atoms with E-state index >= 15 is 0 Å². The van der Waals surface area contributed by atoms with Crippen molar-refractivity contribution in [3.63, 3.8) is 0 Å². The van der Waals surface area contributed by atoms with E-state index in [9.17, 15) is 9.59 Å². The number of anilines is 1. The number of rotatable bonds is 4. The van der Waals surface area contributed by atoms with Crippen molar-refractivity contribution in [3.8, 4) is 0 Å². The molecule has 0 fully saturated rings. The van der Waals surface area contributed by atoms with Crippen molar-refractivity contribution >= 4 is 33.1 Å². The lowest BCUT2D eigenvalue weighted by Gasteiger charge is -2.17. The van der Waals surface area contributed by atoms with Gasteiger partial charge in [-0.25, -0.2) is 4.98 Å². The van der Waals surface area contributed by atoms with Crippen LogP contribution in [0.3, 0.4) is 0 Å². The maximum atomic E-state index is 12.8. The summed E-state index contributed by atoms with van der Waals surface area (Å²) < 4.78 is 1.41. The van der Waals surface area contributed by atoms with E-state index in [1.165, 1.54) is 22.2 Å². The lowest BCUT2D eigenvalue weighted by atomic mass is 10.0. The first-order chi connectivity index (χ1) is 12.3. The van der Waals surface area contributed by atoms with Crippen LogP contribution in [0.1, 0.15) is 41.5 Å². The Kier molecular flexibility index (Phi) is 4.96. The van der Waals surface area contributed by atoms with Crippen LogP contribution in [0.25, 0.3) is 10.2 Å². The molecule has 3 aromatic rings. The molecular weight excluding hydrogens is 346 g/mol. The standard InChI is InChI=1S/C20H23N3O2S/c1-6-15-9-16-19(26-15)21-10-23(20(16)25)14(5)18(24)22-17-12(3)7-11(2)8-13(17)4/h7-10,14H,6H2,1-5H3,(H,22,24)/t14-/m0/s1. The number of aryl methyl sites for hydroxylation is 4. The number of benzene rings is 1. The Morgan fingerprint density at radius 1 is 1.23 bits per heavy atom. The largest absolute Gasteiger partial charge is 0.324 e. The van der Waals surface area contributed by atoms with Crippen LogP contribution >= 0.6 is 11.3 Å². The third-order valence-electron chi connectivity index (χ3n) is 4.60. The van der Waals surface area contributed by atoms with E-state index in [1.807, 2.05) is 45.9 Å². The van der Waals surface area contributed by atoms with Crippen LogP contribution in [0.5, 0.6) is 0 Å². The zero-order valence-corrected chi connectivity index (χ0v) is 16.5. The van der Waals surface area contributed by atoms with Gasteiger partial charge in [0, 0.05) is 10.6 Å². The number of carbonyl (C=O) groups is 1. The zero-order valence-electron chi connectivity index (χ0n) is 15.7. The molecule has 1 amide bonds. The Hall–Kier alpha value is -2.47. The minimum absolute atomic E-state index is 0.175. The van der Waals surface area contributed by atoms with Crippen molar-refractivity contribution in [2.45, 2.75) is 47.1 Å². The van der Waals surface area contributed by atoms with Gasteiger partial charge < -0.3 is 5.32 Å². The highest BCUT2D eigenvalue weighted by molar-refractivity contribution is 7.18. The lowest BCUT2D eigenvalue weighted by molar-refractivity contribution is -0.118. The molecule has 5 nitrogen and oxygen atoms in total. The number of thiophene rings is 1. The molecule has 136 valence electrons. The zero-order chi connectivity index (χ0) is 19.0. The van der Waals surface area contributed by atoms with Gasteiger partial charge in [0.05, 0.1) is 11.7 Å². The molecule has 6 heteroatoms. The molecule has 1 atom stereocenters. The third-order valence-corrected chi connectivity index (χ3v) is 5.79. The average molecular weight is 369 g/mol. The summed E-state index contributed by atoms with van der Waals surface area (Å²) in [5.74, 6) is -0.228. The fraction of sp³-hybridized carbons (Fsp3) is 0.350. The van der Waals surface area contributed by atoms with Crippen molar-refractivity contribution in [1.82, 2.24) is 9.55 Å². The van der Waals surface area contributed by atoms with Crippen molar-refractivity contribution in [2.24, 2.45) is 0 Å². The SMILES string of the molecule is CCc1cc2c(=O)n([C@@H](C)C(=O)Nc3c(C)cc(C)cc3C)cnc2s1. The number of nitrogens with one attached hydrogen (secondary N) is 1. The van der Waals surface area contributed by atoms with Gasteiger partial charge in [-0.2, -0.15) is 0 Å². The van der Waals surface area contributed by atoms with Crippen molar-refractivity contribution in [3.05, 3.63) is 56.4 Å². The second kappa shape index (κ2) is 7.03. The molecule has 0 saturated heterocycles. The van der Waals surface area contributed by atoms with Gasteiger partial charge in [-0.3, -0.25) is 14.2 Å². The van der Waals surface area contributed by atoms with Gasteiger partial charge in [0.2, 0.25) is 5.91 Å². The summed E-state index contributed by atoms with van der Waals surface area (Å²) in [6, 6.07) is 5.30. The third kappa shape index (κ3) is 3.29. The summed E-state index contributed by atoms with van der Waals surface area (Å²) in [5, 5.41) is 3.55. The average Bonchev–Trinajstić information content (AvgIpc) is 3.02. The molecule has 3 rings (SSSR count). The predicted octanol–water partition coefficient (Wildman–Crippen LogP) is 4.15. The normalized spacial score (nSPS) is 12.3. The predicted molar refractivity (Wildman–Crippen MR) is 107 cm³/mol. The minimum atomic E-state index is -0.649. The fourth-order valence-electron chi connectivity index (χ4n) is 3.17. The monoisotopic (exact) mass is 369 g/mol. The molecule has 0 spiro atoms. The van der Waals surface area contributed by atoms with Crippen LogP contribution in [0.15, 0.2) is 29.3 Å². The van der Waals surface area contributed by atoms with Gasteiger partial charge in [0.1, 0.15) is 10.9 Å². The van der Waals surface area contributed by atoms with Gasteiger partial charge in [-0.05, 0) is 51.3 Å². The van der Waals surface area contributed by atoms with Crippen LogP contribution in [0, 0.1) is 20.8 Å². The Morgan fingerprint density at radius 3 is 2.50 bits per heavy atom. The number of amides is 1. The summed E-state index contributed by atoms with van der Waals surface area (Å²) in [6.45, 7) is 9.73. The van der Waals surface area contributed by atoms with Gasteiger partial charge >= 0.3 is 0 Å². The maximum Gasteiger partial charge on any atom is 0.262 e. The second-order valence-electron chi connectivity index (χ2n) is 6.68. The Balaban J connectivity index is 1.93. The Bertz CT molecular complexity index is 1030. The second-order valence-corrected chi connectivity index (χ2v) is 7.80. The first-order valence-electron chi connectivity index (χ1n) is 8.70. The summed E-state index contributed by atoms with van der Waals surface area (Å²) in [7, 11) is 0. The Morgan fingerprint density at radius 2 is 1.88 bits per heavy atom. The maximum absolute atomic E-state index is 12.8. The Labute approximate surface area is 156 Å². The van der Waals surface area contributed by atoms with E-state index in [1.54, 1.807) is 6.92 Å². The molecule has 26 heavy (non-hydrogen) atoms. The summed E-state index contributed by atoms with van der Waals surface area (Å²) in [6.07, 6.45) is 2.34. The highest BCUT2D eigenvalue weighted by Crippen LogP contribution is 2.24. The molecule has 2 aromatic heterocycles. The van der Waals surface area contributed by atoms with Crippen molar-refractivity contribution in [1.29, 1.82) is 0 Å². The summed E-state index contributed by atoms with van der Waals surface area (Å²) in [5.41, 5.74) is 3.80. The molecule has 2 heterocycles. The summed E-state index contributed by atoms with van der Waals surface area (Å²) >= 11 is 1.52. The number of hydrogen-bond acceptors (Lipinski definition) is 4. The molecule has 0 aliphatic heterocycles. The minimum Gasteiger partial charge on any atom is -0.324 e.